The first kappa shape index (κ1) is 24.0. The molecule has 0 atom stereocenters. The number of rotatable bonds is 9. The Hall–Kier alpha value is -3.65. The van der Waals surface area contributed by atoms with Crippen molar-refractivity contribution in [1.29, 1.82) is 0 Å². The largest absolute Gasteiger partial charge is 0.494 e. The summed E-state index contributed by atoms with van der Waals surface area (Å²) in [5.41, 5.74) is 2.56. The number of amides is 3. The second-order valence-electron chi connectivity index (χ2n) is 7.58. The zero-order valence-electron chi connectivity index (χ0n) is 18.8. The van der Waals surface area contributed by atoms with E-state index in [-0.39, 0.29) is 18.4 Å². The Morgan fingerprint density at radius 2 is 1.61 bits per heavy atom. The molecule has 3 N–H and O–H groups in total. The molecule has 0 fully saturated rings. The van der Waals surface area contributed by atoms with Gasteiger partial charge in [-0.2, -0.15) is 0 Å². The number of ether oxygens (including phenoxy) is 1. The van der Waals surface area contributed by atoms with Gasteiger partial charge in [-0.15, -0.1) is 11.3 Å². The first-order valence-electron chi connectivity index (χ1n) is 10.7. The molecule has 172 valence electrons. The highest BCUT2D eigenvalue weighted by molar-refractivity contribution is 7.14. The molecule has 0 unspecified atom stereocenters. The number of carbonyl (C=O) groups excluding carboxylic acids is 3. The highest BCUT2D eigenvalue weighted by Gasteiger charge is 2.17. The van der Waals surface area contributed by atoms with Gasteiger partial charge in [0.15, 0.2) is 0 Å². The van der Waals surface area contributed by atoms with E-state index in [0.29, 0.717) is 40.1 Å². The Morgan fingerprint density at radius 3 is 2.24 bits per heavy atom. The van der Waals surface area contributed by atoms with Gasteiger partial charge in [0.1, 0.15) is 10.8 Å². The van der Waals surface area contributed by atoms with Gasteiger partial charge in [0, 0.05) is 11.3 Å². The average molecular weight is 466 g/mol. The Morgan fingerprint density at radius 1 is 0.909 bits per heavy atom. The third-order valence-electron chi connectivity index (χ3n) is 4.84. The normalized spacial score (nSPS) is 10.5. The molecule has 0 aliphatic rings. The highest BCUT2D eigenvalue weighted by atomic mass is 32.1. The Kier molecular flexibility index (Phi) is 8.21. The van der Waals surface area contributed by atoms with E-state index in [0.717, 1.165) is 5.56 Å². The summed E-state index contributed by atoms with van der Waals surface area (Å²) in [6, 6.07) is 16.0. The molecule has 3 amide bonds. The van der Waals surface area contributed by atoms with Crippen LogP contribution in [-0.4, -0.2) is 30.9 Å². The number of carbonyl (C=O) groups is 3. The number of anilines is 2. The monoisotopic (exact) mass is 465 g/mol. The average Bonchev–Trinajstić information content (AvgIpc) is 3.27. The lowest BCUT2D eigenvalue weighted by atomic mass is 10.0. The molecular formula is C25H27N3O4S. The number of benzene rings is 2. The van der Waals surface area contributed by atoms with Crippen LogP contribution < -0.4 is 20.7 Å². The lowest BCUT2D eigenvalue weighted by Crippen LogP contribution is -2.33. The number of hydrogen-bond donors (Lipinski definition) is 3. The van der Waals surface area contributed by atoms with E-state index < -0.39 is 5.91 Å². The fourth-order valence-corrected chi connectivity index (χ4v) is 3.82. The SMILES string of the molecule is CCOc1ccc(NC(=O)CNC(=O)c2ccsc2NC(=O)c2ccc(C(C)C)cc2)cc1. The second-order valence-corrected chi connectivity index (χ2v) is 8.50. The minimum absolute atomic E-state index is 0.202. The summed E-state index contributed by atoms with van der Waals surface area (Å²) < 4.78 is 5.37. The molecular weight excluding hydrogens is 438 g/mol. The van der Waals surface area contributed by atoms with Crippen molar-refractivity contribution in [3.8, 4) is 5.75 Å². The molecule has 0 spiro atoms. The van der Waals surface area contributed by atoms with E-state index in [2.05, 4.69) is 29.8 Å². The number of hydrogen-bond acceptors (Lipinski definition) is 5. The van der Waals surface area contributed by atoms with Crippen LogP contribution in [0.15, 0.2) is 60.0 Å². The van der Waals surface area contributed by atoms with Crippen LogP contribution in [0.4, 0.5) is 10.7 Å². The van der Waals surface area contributed by atoms with Gasteiger partial charge < -0.3 is 20.7 Å². The molecule has 0 bridgehead atoms. The van der Waals surface area contributed by atoms with Gasteiger partial charge in [-0.3, -0.25) is 14.4 Å². The maximum Gasteiger partial charge on any atom is 0.256 e. The number of nitrogens with one attached hydrogen (secondary N) is 3. The topological polar surface area (TPSA) is 96.5 Å². The summed E-state index contributed by atoms with van der Waals surface area (Å²) in [4.78, 5) is 37.4. The molecule has 0 radical (unpaired) electrons. The lowest BCUT2D eigenvalue weighted by molar-refractivity contribution is -0.115. The van der Waals surface area contributed by atoms with Crippen molar-refractivity contribution in [3.63, 3.8) is 0 Å². The third kappa shape index (κ3) is 6.66. The fraction of sp³-hybridized carbons (Fsp3) is 0.240. The van der Waals surface area contributed by atoms with Gasteiger partial charge in [-0.1, -0.05) is 26.0 Å². The molecule has 1 heterocycles. The van der Waals surface area contributed by atoms with Crippen molar-refractivity contribution in [2.45, 2.75) is 26.7 Å². The van der Waals surface area contributed by atoms with Gasteiger partial charge in [0.25, 0.3) is 11.8 Å². The van der Waals surface area contributed by atoms with Crippen molar-refractivity contribution in [1.82, 2.24) is 5.32 Å². The molecule has 3 aromatic rings. The first-order chi connectivity index (χ1) is 15.9. The maximum absolute atomic E-state index is 12.6. The summed E-state index contributed by atoms with van der Waals surface area (Å²) in [5.74, 6) is -0.00907. The molecule has 8 heteroatoms. The summed E-state index contributed by atoms with van der Waals surface area (Å²) in [7, 11) is 0. The molecule has 1 aromatic heterocycles. The first-order valence-corrected chi connectivity index (χ1v) is 11.5. The molecule has 33 heavy (non-hydrogen) atoms. The van der Waals surface area contributed by atoms with E-state index in [1.165, 1.54) is 11.3 Å². The van der Waals surface area contributed by atoms with E-state index >= 15 is 0 Å². The van der Waals surface area contributed by atoms with E-state index in [1.807, 2.05) is 19.1 Å². The van der Waals surface area contributed by atoms with Crippen molar-refractivity contribution >= 4 is 39.7 Å². The maximum atomic E-state index is 12.6. The van der Waals surface area contributed by atoms with Crippen LogP contribution >= 0.6 is 11.3 Å². The van der Waals surface area contributed by atoms with Gasteiger partial charge in [-0.05, 0) is 66.2 Å². The van der Waals surface area contributed by atoms with Gasteiger partial charge >= 0.3 is 0 Å². The van der Waals surface area contributed by atoms with Crippen molar-refractivity contribution in [2.24, 2.45) is 0 Å². The van der Waals surface area contributed by atoms with Crippen molar-refractivity contribution < 1.29 is 19.1 Å². The second kappa shape index (κ2) is 11.3. The van der Waals surface area contributed by atoms with Crippen LogP contribution in [0.2, 0.25) is 0 Å². The Balaban J connectivity index is 1.54. The van der Waals surface area contributed by atoms with Crippen LogP contribution in [0.5, 0.6) is 5.75 Å². The summed E-state index contributed by atoms with van der Waals surface area (Å²) in [5, 5.41) is 10.2. The molecule has 0 aliphatic heterocycles. The molecule has 0 saturated carbocycles. The molecule has 3 rings (SSSR count). The highest BCUT2D eigenvalue weighted by Crippen LogP contribution is 2.24. The quantitative estimate of drug-likeness (QED) is 0.419. The van der Waals surface area contributed by atoms with Crippen LogP contribution in [0.1, 0.15) is 53.0 Å². The molecule has 0 aliphatic carbocycles. The fourth-order valence-electron chi connectivity index (χ4n) is 3.04. The smallest absolute Gasteiger partial charge is 0.256 e. The standard InChI is InChI=1S/C25H27N3O4S/c1-4-32-20-11-9-19(10-12-20)27-22(29)15-26-24(31)21-13-14-33-25(21)28-23(30)18-7-5-17(6-8-18)16(2)3/h5-14,16H,4,15H2,1-3H3,(H,26,31)(H,27,29)(H,28,30). The molecule has 2 aromatic carbocycles. The van der Waals surface area contributed by atoms with Crippen LogP contribution in [0.3, 0.4) is 0 Å². The van der Waals surface area contributed by atoms with E-state index in [4.69, 9.17) is 4.74 Å². The van der Waals surface area contributed by atoms with E-state index in [1.54, 1.807) is 47.8 Å². The predicted octanol–water partition coefficient (Wildman–Crippen LogP) is 4.89. The zero-order chi connectivity index (χ0) is 23.8. The van der Waals surface area contributed by atoms with Crippen LogP contribution in [-0.2, 0) is 4.79 Å². The Bertz CT molecular complexity index is 1110. The molecule has 7 nitrogen and oxygen atoms in total. The third-order valence-corrected chi connectivity index (χ3v) is 5.66. The minimum atomic E-state index is -0.441. The summed E-state index contributed by atoms with van der Waals surface area (Å²) in [6.45, 7) is 6.43. The minimum Gasteiger partial charge on any atom is -0.494 e. The predicted molar refractivity (Wildman–Crippen MR) is 131 cm³/mol. The van der Waals surface area contributed by atoms with Gasteiger partial charge in [-0.25, -0.2) is 0 Å². The lowest BCUT2D eigenvalue weighted by Gasteiger charge is -2.10. The summed E-state index contributed by atoms with van der Waals surface area (Å²) >= 11 is 1.25. The van der Waals surface area contributed by atoms with Crippen molar-refractivity contribution in [3.05, 3.63) is 76.7 Å². The number of thiophene rings is 1. The van der Waals surface area contributed by atoms with Crippen LogP contribution in [0.25, 0.3) is 0 Å². The molecule has 0 saturated heterocycles. The Labute approximate surface area is 197 Å². The van der Waals surface area contributed by atoms with E-state index in [9.17, 15) is 14.4 Å². The summed E-state index contributed by atoms with van der Waals surface area (Å²) in [6.07, 6.45) is 0. The van der Waals surface area contributed by atoms with Crippen LogP contribution in [0, 0.1) is 0 Å². The van der Waals surface area contributed by atoms with Crippen molar-refractivity contribution in [2.75, 3.05) is 23.8 Å². The van der Waals surface area contributed by atoms with Gasteiger partial charge in [0.05, 0.1) is 18.7 Å². The zero-order valence-corrected chi connectivity index (χ0v) is 19.6. The van der Waals surface area contributed by atoms with Gasteiger partial charge in [0.2, 0.25) is 5.91 Å².